The van der Waals surface area contributed by atoms with Crippen molar-refractivity contribution < 1.29 is 0 Å². The highest BCUT2D eigenvalue weighted by atomic mass is 14.6. The van der Waals surface area contributed by atoms with Crippen LogP contribution in [0.1, 0.15) is 49.9 Å². The van der Waals surface area contributed by atoms with Crippen LogP contribution < -0.4 is 0 Å². The van der Waals surface area contributed by atoms with Crippen LogP contribution in [-0.2, 0) is 10.8 Å². The van der Waals surface area contributed by atoms with Gasteiger partial charge in [-0.3, -0.25) is 9.97 Å². The monoisotopic (exact) mass is 866 g/mol. The molecule has 0 N–H and O–H groups in total. The van der Waals surface area contributed by atoms with Gasteiger partial charge in [0.1, 0.15) is 0 Å². The number of aromatic nitrogens is 2. The Bertz CT molecular complexity index is 3770. The van der Waals surface area contributed by atoms with Crippen LogP contribution >= 0.6 is 0 Å². The Hall–Kier alpha value is -8.20. The zero-order valence-electron chi connectivity index (χ0n) is 38.5. The number of hydrogen-bond acceptors (Lipinski definition) is 2. The van der Waals surface area contributed by atoms with Gasteiger partial charge < -0.3 is 0 Å². The molecule has 2 aliphatic rings. The summed E-state index contributed by atoms with van der Waals surface area (Å²) in [6, 6.07) is 68.2. The van der Waals surface area contributed by atoms with Gasteiger partial charge in [-0.25, -0.2) is 0 Å². The summed E-state index contributed by atoms with van der Waals surface area (Å²) >= 11 is 0. The molecule has 2 nitrogen and oxygen atoms in total. The largest absolute Gasteiger partial charge is 0.264 e. The van der Waals surface area contributed by atoms with Crippen LogP contribution in [0, 0.1) is 0 Å². The maximum atomic E-state index is 4.83. The van der Waals surface area contributed by atoms with Gasteiger partial charge in [-0.2, -0.15) is 0 Å². The van der Waals surface area contributed by atoms with Gasteiger partial charge in [0.2, 0.25) is 0 Å². The molecule has 0 spiro atoms. The first-order chi connectivity index (χ1) is 33.3. The van der Waals surface area contributed by atoms with E-state index in [9.17, 15) is 0 Å². The second-order valence-electron chi connectivity index (χ2n) is 20.0. The quantitative estimate of drug-likeness (QED) is 0.165. The van der Waals surface area contributed by atoms with E-state index in [2.05, 4.69) is 222 Å². The lowest BCUT2D eigenvalue weighted by Gasteiger charge is -2.23. The minimum atomic E-state index is -0.102. The molecule has 14 rings (SSSR count). The molecule has 0 bridgehead atoms. The van der Waals surface area contributed by atoms with Crippen LogP contribution in [0.4, 0.5) is 0 Å². The number of pyridine rings is 2. The van der Waals surface area contributed by atoms with Crippen LogP contribution in [0.5, 0.6) is 0 Å². The van der Waals surface area contributed by atoms with Crippen molar-refractivity contribution >= 4 is 53.9 Å². The van der Waals surface area contributed by atoms with Crippen molar-refractivity contribution in [3.05, 3.63) is 229 Å². The van der Waals surface area contributed by atoms with Crippen LogP contribution in [0.25, 0.3) is 121 Å². The van der Waals surface area contributed by atoms with E-state index in [1.165, 1.54) is 132 Å². The van der Waals surface area contributed by atoms with E-state index in [4.69, 9.17) is 9.97 Å². The summed E-state index contributed by atoms with van der Waals surface area (Å²) in [7, 11) is 0. The van der Waals surface area contributed by atoms with Crippen LogP contribution in [0.15, 0.2) is 207 Å². The van der Waals surface area contributed by atoms with E-state index in [0.717, 1.165) is 10.8 Å². The highest BCUT2D eigenvalue weighted by Crippen LogP contribution is 2.54. The first kappa shape index (κ1) is 39.0. The summed E-state index contributed by atoms with van der Waals surface area (Å²) in [5, 5.41) is 12.0. The van der Waals surface area contributed by atoms with Crippen molar-refractivity contribution in [2.24, 2.45) is 0 Å². The number of benzene rings is 10. The standard InChI is InChI=1S/C66H46N2/c1-65(2)57-23-13-11-17-43(57)45-27-25-39(35-59(45)65)61-47-19-7-9-21-49(47)63(55-37-67-33-31-53(55)61)51-29-30-52(42-16-6-5-15-41(42)51)64-50-22-10-8-20-48(50)62(54-32-34-68-38-56(54)64)40-26-28-46-44-18-12-14-24-58(44)66(3,4)60(46)36-40/h5-38H,1-4H3. The summed E-state index contributed by atoms with van der Waals surface area (Å²) in [4.78, 5) is 9.65. The molecule has 0 radical (unpaired) electrons. The second kappa shape index (κ2) is 14.2. The third-order valence-electron chi connectivity index (χ3n) is 15.9. The molecule has 0 saturated carbocycles. The number of rotatable bonds is 4. The van der Waals surface area contributed by atoms with Crippen LogP contribution in [0.2, 0.25) is 0 Å². The van der Waals surface area contributed by atoms with Crippen LogP contribution in [-0.4, -0.2) is 9.97 Å². The molecule has 0 fully saturated rings. The Balaban J connectivity index is 0.986. The maximum absolute atomic E-state index is 4.83. The highest BCUT2D eigenvalue weighted by Gasteiger charge is 2.37. The van der Waals surface area contributed by atoms with Crippen molar-refractivity contribution in [2.45, 2.75) is 38.5 Å². The third kappa shape index (κ3) is 5.29. The van der Waals surface area contributed by atoms with E-state index in [1.54, 1.807) is 0 Å². The van der Waals surface area contributed by atoms with Gasteiger partial charge in [0.05, 0.1) is 0 Å². The van der Waals surface area contributed by atoms with Crippen molar-refractivity contribution in [3.63, 3.8) is 0 Å². The fourth-order valence-electron chi connectivity index (χ4n) is 12.7. The zero-order chi connectivity index (χ0) is 45.5. The minimum Gasteiger partial charge on any atom is -0.264 e. The van der Waals surface area contributed by atoms with Crippen LogP contribution in [0.3, 0.4) is 0 Å². The van der Waals surface area contributed by atoms with Gasteiger partial charge >= 0.3 is 0 Å². The van der Waals surface area contributed by atoms with Crippen molar-refractivity contribution in [1.29, 1.82) is 0 Å². The summed E-state index contributed by atoms with van der Waals surface area (Å²) < 4.78 is 0. The third-order valence-corrected chi connectivity index (χ3v) is 15.9. The van der Waals surface area contributed by atoms with E-state index in [0.29, 0.717) is 0 Å². The molecule has 320 valence electrons. The molecule has 2 heterocycles. The van der Waals surface area contributed by atoms with Gasteiger partial charge in [-0.15, -0.1) is 0 Å². The summed E-state index contributed by atoms with van der Waals surface area (Å²) in [5.74, 6) is 0. The lowest BCUT2D eigenvalue weighted by molar-refractivity contribution is 0.660. The van der Waals surface area contributed by atoms with Crippen molar-refractivity contribution in [1.82, 2.24) is 9.97 Å². The van der Waals surface area contributed by atoms with Gasteiger partial charge in [0, 0.05) is 46.4 Å². The SMILES string of the molecule is CC1(C)c2ccccc2-c2ccc(-c3c4ccccc4c(-c4ccc(-c5c6ccccc6c(-c6ccc7c(c6)C(C)(C)c6ccccc6-7)c6ccncc56)c5ccccc45)c4cnccc34)cc21. The average molecular weight is 867 g/mol. The van der Waals surface area contributed by atoms with Gasteiger partial charge in [0.25, 0.3) is 0 Å². The zero-order valence-corrected chi connectivity index (χ0v) is 38.5. The molecule has 0 saturated heterocycles. The number of fused-ring (bicyclic) bond motifs is 11. The molecule has 12 aromatic rings. The predicted octanol–water partition coefficient (Wildman–Crippen LogP) is 17.5. The molecule has 0 amide bonds. The average Bonchev–Trinajstić information content (AvgIpc) is 3.75. The maximum Gasteiger partial charge on any atom is 0.0353 e. The summed E-state index contributed by atoms with van der Waals surface area (Å²) in [6.07, 6.45) is 8.08. The molecule has 2 aliphatic carbocycles. The molecular weight excluding hydrogens is 821 g/mol. The summed E-state index contributed by atoms with van der Waals surface area (Å²) in [5.41, 5.74) is 20.4. The molecule has 0 unspecified atom stereocenters. The van der Waals surface area contributed by atoms with Crippen molar-refractivity contribution in [2.75, 3.05) is 0 Å². The van der Waals surface area contributed by atoms with E-state index in [-0.39, 0.29) is 10.8 Å². The number of nitrogens with zero attached hydrogens (tertiary/aromatic N) is 2. The van der Waals surface area contributed by atoms with E-state index >= 15 is 0 Å². The second-order valence-corrected chi connectivity index (χ2v) is 20.0. The van der Waals surface area contributed by atoms with E-state index in [1.807, 2.05) is 12.4 Å². The molecule has 0 atom stereocenters. The van der Waals surface area contributed by atoms with Gasteiger partial charge in [0.15, 0.2) is 0 Å². The highest BCUT2D eigenvalue weighted by molar-refractivity contribution is 6.27. The fourth-order valence-corrected chi connectivity index (χ4v) is 12.7. The normalized spacial score (nSPS) is 14.1. The lowest BCUT2D eigenvalue weighted by Crippen LogP contribution is -2.14. The fraction of sp³-hybridized carbons (Fsp3) is 0.0909. The topological polar surface area (TPSA) is 25.8 Å². The minimum absolute atomic E-state index is 0.102. The lowest BCUT2D eigenvalue weighted by atomic mass is 9.80. The first-order valence-electron chi connectivity index (χ1n) is 23.9. The van der Waals surface area contributed by atoms with E-state index < -0.39 is 0 Å². The van der Waals surface area contributed by atoms with Gasteiger partial charge in [-0.1, -0.05) is 185 Å². The molecule has 2 aromatic heterocycles. The Morgan fingerprint density at radius 1 is 0.265 bits per heavy atom. The predicted molar refractivity (Wildman–Crippen MR) is 286 cm³/mol. The molecule has 2 heteroatoms. The molecule has 0 aliphatic heterocycles. The number of hydrogen-bond donors (Lipinski definition) is 0. The Morgan fingerprint density at radius 3 is 1.01 bits per heavy atom. The van der Waals surface area contributed by atoms with Gasteiger partial charge in [-0.05, 0) is 156 Å². The Morgan fingerprint density at radius 2 is 0.588 bits per heavy atom. The van der Waals surface area contributed by atoms with Crippen molar-refractivity contribution in [3.8, 4) is 66.8 Å². The molecule has 68 heavy (non-hydrogen) atoms. The Labute approximate surface area is 396 Å². The Kier molecular flexibility index (Phi) is 8.12. The molecular formula is C66H46N2. The summed E-state index contributed by atoms with van der Waals surface area (Å²) in [6.45, 7) is 9.46. The first-order valence-corrected chi connectivity index (χ1v) is 23.9. The smallest absolute Gasteiger partial charge is 0.0353 e. The molecule has 10 aromatic carbocycles.